The predicted molar refractivity (Wildman–Crippen MR) is 146 cm³/mol. The van der Waals surface area contributed by atoms with E-state index in [1.54, 1.807) is 10.7 Å². The van der Waals surface area contributed by atoms with Crippen molar-refractivity contribution in [1.29, 1.82) is 0 Å². The summed E-state index contributed by atoms with van der Waals surface area (Å²) >= 11 is 0. The molecule has 0 fully saturated rings. The molecule has 3 aromatic carbocycles. The predicted octanol–water partition coefficient (Wildman–Crippen LogP) is 5.25. The van der Waals surface area contributed by atoms with E-state index in [1.165, 1.54) is 6.07 Å². The molecule has 2 atom stereocenters. The van der Waals surface area contributed by atoms with Crippen LogP contribution in [0.3, 0.4) is 0 Å². The van der Waals surface area contributed by atoms with Crippen molar-refractivity contribution in [3.05, 3.63) is 117 Å². The number of benzene rings is 3. The molecule has 1 aliphatic heterocycles. The molecule has 0 aliphatic carbocycles. The summed E-state index contributed by atoms with van der Waals surface area (Å²) in [6.07, 6.45) is 1.58. The maximum Gasteiger partial charge on any atom is 0.254 e. The lowest BCUT2D eigenvalue weighted by Crippen LogP contribution is -2.43. The Morgan fingerprint density at radius 2 is 1.89 bits per heavy atom. The smallest absolute Gasteiger partial charge is 0.254 e. The lowest BCUT2D eigenvalue weighted by atomic mass is 9.91. The number of hydrogen-bond acceptors (Lipinski definition) is 5. The van der Waals surface area contributed by atoms with Gasteiger partial charge in [0.25, 0.3) is 5.56 Å². The number of nitrogens with one attached hydrogen (secondary N) is 1. The van der Waals surface area contributed by atoms with Gasteiger partial charge >= 0.3 is 0 Å². The second-order valence-electron chi connectivity index (χ2n) is 10.2. The average molecular weight is 509 g/mol. The molecule has 0 saturated heterocycles. The zero-order valence-corrected chi connectivity index (χ0v) is 21.6. The number of anilines is 1. The van der Waals surface area contributed by atoms with E-state index in [4.69, 9.17) is 0 Å². The van der Waals surface area contributed by atoms with Gasteiger partial charge in [-0.1, -0.05) is 36.4 Å². The lowest BCUT2D eigenvalue weighted by Gasteiger charge is -2.42. The number of halogens is 1. The number of pyridine rings is 1. The standard InChI is InChI=1S/C30H29FN6O/c1-18-13-19(2)24-16-25(30(38)32-26(24)14-18)28(29-33-34-35-36(29)17-21-7-5-4-6-8-21)37-20(3)9-10-22-15-23(31)11-12-27(22)37/h4-8,11-16,20,28H,9-10,17H2,1-3H3,(H,32,38). The van der Waals surface area contributed by atoms with Crippen LogP contribution in [0.15, 0.2) is 71.5 Å². The molecule has 0 bridgehead atoms. The fourth-order valence-electron chi connectivity index (χ4n) is 5.72. The first kappa shape index (κ1) is 24.0. The fourth-order valence-corrected chi connectivity index (χ4v) is 5.72. The molecule has 1 aliphatic rings. The van der Waals surface area contributed by atoms with Gasteiger partial charge in [-0.2, -0.15) is 0 Å². The topological polar surface area (TPSA) is 79.7 Å². The number of fused-ring (bicyclic) bond motifs is 2. The third-order valence-corrected chi connectivity index (χ3v) is 7.52. The van der Waals surface area contributed by atoms with Crippen LogP contribution < -0.4 is 10.5 Å². The minimum Gasteiger partial charge on any atom is -0.354 e. The minimum atomic E-state index is -0.581. The summed E-state index contributed by atoms with van der Waals surface area (Å²) in [5.74, 6) is 0.297. The third-order valence-electron chi connectivity index (χ3n) is 7.52. The first-order chi connectivity index (χ1) is 18.4. The number of aryl methyl sites for hydroxylation is 3. The van der Waals surface area contributed by atoms with E-state index in [-0.39, 0.29) is 17.4 Å². The molecule has 0 saturated carbocycles. The Kier molecular flexibility index (Phi) is 6.02. The summed E-state index contributed by atoms with van der Waals surface area (Å²) in [6.45, 7) is 6.66. The second-order valence-corrected chi connectivity index (χ2v) is 10.2. The van der Waals surface area contributed by atoms with Gasteiger partial charge in [-0.15, -0.1) is 5.10 Å². The third kappa shape index (κ3) is 4.26. The molecule has 38 heavy (non-hydrogen) atoms. The monoisotopic (exact) mass is 508 g/mol. The number of aromatic amines is 1. The van der Waals surface area contributed by atoms with Crippen molar-refractivity contribution in [2.45, 2.75) is 52.2 Å². The van der Waals surface area contributed by atoms with Crippen LogP contribution in [0.2, 0.25) is 0 Å². The van der Waals surface area contributed by atoms with Gasteiger partial charge in [0.2, 0.25) is 0 Å². The molecule has 7 nitrogen and oxygen atoms in total. The van der Waals surface area contributed by atoms with E-state index in [0.717, 1.165) is 51.7 Å². The molecule has 8 heteroatoms. The molecule has 6 rings (SSSR count). The summed E-state index contributed by atoms with van der Waals surface area (Å²) in [4.78, 5) is 19.1. The second kappa shape index (κ2) is 9.52. The number of aromatic nitrogens is 5. The van der Waals surface area contributed by atoms with Crippen molar-refractivity contribution in [2.24, 2.45) is 0 Å². The molecule has 0 spiro atoms. The molecule has 0 radical (unpaired) electrons. The van der Waals surface area contributed by atoms with E-state index in [9.17, 15) is 9.18 Å². The minimum absolute atomic E-state index is 0.0639. The zero-order chi connectivity index (χ0) is 26.4. The van der Waals surface area contributed by atoms with Gasteiger partial charge in [0, 0.05) is 28.2 Å². The number of rotatable bonds is 5. The van der Waals surface area contributed by atoms with Gasteiger partial charge in [0.05, 0.1) is 6.54 Å². The number of nitrogens with zero attached hydrogens (tertiary/aromatic N) is 5. The summed E-state index contributed by atoms with van der Waals surface area (Å²) in [7, 11) is 0. The molecular weight excluding hydrogens is 479 g/mol. The fraction of sp³-hybridized carbons (Fsp3) is 0.267. The maximum atomic E-state index is 14.2. The normalized spacial score (nSPS) is 16.0. The van der Waals surface area contributed by atoms with Gasteiger partial charge in [-0.05, 0) is 96.6 Å². The van der Waals surface area contributed by atoms with Crippen molar-refractivity contribution in [3.63, 3.8) is 0 Å². The molecule has 3 heterocycles. The van der Waals surface area contributed by atoms with Gasteiger partial charge < -0.3 is 9.88 Å². The van der Waals surface area contributed by atoms with Gasteiger partial charge in [0.1, 0.15) is 11.9 Å². The van der Waals surface area contributed by atoms with Crippen LogP contribution in [0.1, 0.15) is 53.0 Å². The Balaban J connectivity index is 1.59. The Labute approximate surface area is 219 Å². The van der Waals surface area contributed by atoms with Gasteiger partial charge in [-0.25, -0.2) is 9.07 Å². The van der Waals surface area contributed by atoms with Gasteiger partial charge in [0.15, 0.2) is 5.82 Å². The highest BCUT2D eigenvalue weighted by Crippen LogP contribution is 2.40. The number of H-pyrrole nitrogens is 1. The first-order valence-corrected chi connectivity index (χ1v) is 12.9. The number of tetrazole rings is 1. The van der Waals surface area contributed by atoms with Crippen molar-refractivity contribution >= 4 is 16.6 Å². The van der Waals surface area contributed by atoms with Crippen molar-refractivity contribution in [2.75, 3.05) is 4.90 Å². The van der Waals surface area contributed by atoms with Crippen LogP contribution in [-0.4, -0.2) is 31.2 Å². The molecular formula is C30H29FN6O. The molecule has 1 N–H and O–H groups in total. The molecule has 0 amide bonds. The first-order valence-electron chi connectivity index (χ1n) is 12.9. The maximum absolute atomic E-state index is 14.2. The van der Waals surface area contributed by atoms with E-state index in [2.05, 4.69) is 38.4 Å². The molecule has 5 aromatic rings. The summed E-state index contributed by atoms with van der Waals surface area (Å²) in [5, 5.41) is 13.8. The Bertz CT molecular complexity index is 1690. The number of hydrogen-bond donors (Lipinski definition) is 1. The Morgan fingerprint density at radius 1 is 1.08 bits per heavy atom. The highest BCUT2D eigenvalue weighted by Gasteiger charge is 2.36. The summed E-state index contributed by atoms with van der Waals surface area (Å²) in [6, 6.07) is 20.4. The largest absolute Gasteiger partial charge is 0.354 e. The van der Waals surface area contributed by atoms with E-state index >= 15 is 0 Å². The van der Waals surface area contributed by atoms with E-state index in [1.807, 2.05) is 62.4 Å². The molecule has 2 aromatic heterocycles. The van der Waals surface area contributed by atoms with Crippen LogP contribution in [0.4, 0.5) is 10.1 Å². The summed E-state index contributed by atoms with van der Waals surface area (Å²) in [5.41, 5.74) is 6.18. The lowest BCUT2D eigenvalue weighted by molar-refractivity contribution is 0.491. The van der Waals surface area contributed by atoms with Crippen molar-refractivity contribution < 1.29 is 4.39 Å². The van der Waals surface area contributed by atoms with Crippen molar-refractivity contribution in [3.8, 4) is 0 Å². The molecule has 192 valence electrons. The van der Waals surface area contributed by atoms with Crippen LogP contribution in [0, 0.1) is 19.7 Å². The van der Waals surface area contributed by atoms with Crippen LogP contribution in [0.5, 0.6) is 0 Å². The average Bonchev–Trinajstić information content (AvgIpc) is 3.34. The van der Waals surface area contributed by atoms with E-state index in [0.29, 0.717) is 17.9 Å². The Hall–Kier alpha value is -4.33. The van der Waals surface area contributed by atoms with E-state index < -0.39 is 6.04 Å². The van der Waals surface area contributed by atoms with Gasteiger partial charge in [-0.3, -0.25) is 4.79 Å². The Morgan fingerprint density at radius 3 is 2.71 bits per heavy atom. The van der Waals surface area contributed by atoms with Crippen LogP contribution in [-0.2, 0) is 13.0 Å². The quantitative estimate of drug-likeness (QED) is 0.351. The summed E-state index contributed by atoms with van der Waals surface area (Å²) < 4.78 is 16.0. The highest BCUT2D eigenvalue weighted by atomic mass is 19.1. The zero-order valence-electron chi connectivity index (χ0n) is 21.6. The van der Waals surface area contributed by atoms with Crippen LogP contribution in [0.25, 0.3) is 10.9 Å². The SMILES string of the molecule is Cc1cc(C)c2cc(C(c3nnnn3Cc3ccccc3)N3c4ccc(F)cc4CCC3C)c(=O)[nH]c2c1. The van der Waals surface area contributed by atoms with Crippen molar-refractivity contribution in [1.82, 2.24) is 25.2 Å². The van der Waals surface area contributed by atoms with Crippen LogP contribution >= 0.6 is 0 Å². The molecule has 2 unspecified atom stereocenters. The highest BCUT2D eigenvalue weighted by molar-refractivity contribution is 5.83.